The largest absolute Gasteiger partial charge is 0.369 e. The summed E-state index contributed by atoms with van der Waals surface area (Å²) >= 11 is 6.21. The van der Waals surface area contributed by atoms with Crippen molar-refractivity contribution in [2.45, 2.75) is 26.3 Å². The lowest BCUT2D eigenvalue weighted by Gasteiger charge is -2.29. The molecule has 1 aliphatic rings. The molecule has 0 radical (unpaired) electrons. The summed E-state index contributed by atoms with van der Waals surface area (Å²) in [4.78, 5) is 22.5. The average Bonchev–Trinajstić information content (AvgIpc) is 2.69. The smallest absolute Gasteiger partial charge is 0.317 e. The first kappa shape index (κ1) is 18.9. The van der Waals surface area contributed by atoms with Crippen LogP contribution in [0.2, 0.25) is 5.02 Å². The van der Waals surface area contributed by atoms with Crippen LogP contribution in [0.4, 0.5) is 10.6 Å². The molecule has 0 bridgehead atoms. The lowest BCUT2D eigenvalue weighted by Crippen LogP contribution is -2.43. The number of fused-ring (bicyclic) bond motifs is 1. The predicted octanol–water partition coefficient (Wildman–Crippen LogP) is 2.74. The van der Waals surface area contributed by atoms with Gasteiger partial charge in [-0.2, -0.15) is 5.26 Å². The lowest BCUT2D eigenvalue weighted by atomic mass is 10.1. The molecular formula is C19H21ClN6O. The normalized spacial score (nSPS) is 12.9. The van der Waals surface area contributed by atoms with Crippen LogP contribution < -0.4 is 10.6 Å². The topological polar surface area (TPSA) is 93.9 Å². The Bertz CT molecular complexity index is 879. The molecule has 7 nitrogen and oxygen atoms in total. The molecular weight excluding hydrogens is 364 g/mol. The number of carbonyl (C=O) groups excluding carboxylic acids is 1. The summed E-state index contributed by atoms with van der Waals surface area (Å²) in [5.74, 6) is 0.748. The minimum atomic E-state index is -0.102. The van der Waals surface area contributed by atoms with Crippen molar-refractivity contribution < 1.29 is 4.79 Å². The zero-order valence-electron chi connectivity index (χ0n) is 15.1. The minimum Gasteiger partial charge on any atom is -0.369 e. The van der Waals surface area contributed by atoms with E-state index in [2.05, 4.69) is 20.6 Å². The van der Waals surface area contributed by atoms with Crippen LogP contribution in [-0.2, 0) is 19.4 Å². The van der Waals surface area contributed by atoms with Crippen molar-refractivity contribution in [3.8, 4) is 6.07 Å². The van der Waals surface area contributed by atoms with Crippen molar-refractivity contribution >= 4 is 23.4 Å². The first-order valence-electron chi connectivity index (χ1n) is 8.92. The van der Waals surface area contributed by atoms with Crippen LogP contribution in [0.25, 0.3) is 0 Å². The number of anilines is 1. The van der Waals surface area contributed by atoms with Crippen molar-refractivity contribution in [1.29, 1.82) is 5.26 Å². The summed E-state index contributed by atoms with van der Waals surface area (Å²) < 4.78 is 0. The molecule has 0 saturated heterocycles. The average molecular weight is 385 g/mol. The van der Waals surface area contributed by atoms with E-state index in [4.69, 9.17) is 11.6 Å². The van der Waals surface area contributed by atoms with E-state index < -0.39 is 0 Å². The number of nitriles is 1. The highest BCUT2D eigenvalue weighted by molar-refractivity contribution is 6.31. The van der Waals surface area contributed by atoms with E-state index in [1.807, 2.05) is 37.3 Å². The molecule has 8 heteroatoms. The maximum absolute atomic E-state index is 12.2. The number of rotatable bonds is 5. The fourth-order valence-electron chi connectivity index (χ4n) is 3.06. The van der Waals surface area contributed by atoms with E-state index in [9.17, 15) is 10.1 Å². The minimum absolute atomic E-state index is 0.102. The van der Waals surface area contributed by atoms with Crippen LogP contribution in [0, 0.1) is 11.3 Å². The van der Waals surface area contributed by atoms with Crippen molar-refractivity contribution in [2.24, 2.45) is 0 Å². The highest BCUT2D eigenvalue weighted by atomic mass is 35.5. The Morgan fingerprint density at radius 3 is 2.93 bits per heavy atom. The molecule has 0 fully saturated rings. The van der Waals surface area contributed by atoms with Gasteiger partial charge < -0.3 is 15.5 Å². The van der Waals surface area contributed by atoms with Gasteiger partial charge in [0.1, 0.15) is 11.9 Å². The monoisotopic (exact) mass is 384 g/mol. The number of amides is 2. The Kier molecular flexibility index (Phi) is 6.09. The lowest BCUT2D eigenvalue weighted by molar-refractivity contribution is 0.192. The van der Waals surface area contributed by atoms with Crippen LogP contribution in [-0.4, -0.2) is 40.5 Å². The number of benzene rings is 1. The zero-order valence-corrected chi connectivity index (χ0v) is 15.9. The second-order valence-electron chi connectivity index (χ2n) is 6.21. The van der Waals surface area contributed by atoms with Crippen LogP contribution in [0.5, 0.6) is 0 Å². The number of carbonyl (C=O) groups is 1. The summed E-state index contributed by atoms with van der Waals surface area (Å²) in [6.07, 6.45) is 1.32. The molecule has 3 rings (SSSR count). The molecule has 1 aliphatic heterocycles. The SMILES string of the molecule is CCNC(=O)N1CCc2nc(C#N)nc(NCCc3ccccc3Cl)c2C1. The molecule has 0 saturated carbocycles. The quantitative estimate of drug-likeness (QED) is 0.826. The summed E-state index contributed by atoms with van der Waals surface area (Å²) in [5, 5.41) is 16.1. The Labute approximate surface area is 163 Å². The summed E-state index contributed by atoms with van der Waals surface area (Å²) in [6.45, 7) is 4.06. The summed E-state index contributed by atoms with van der Waals surface area (Å²) in [6, 6.07) is 9.60. The van der Waals surface area contributed by atoms with Gasteiger partial charge in [0.15, 0.2) is 0 Å². The van der Waals surface area contributed by atoms with Crippen molar-refractivity contribution in [3.05, 3.63) is 51.9 Å². The van der Waals surface area contributed by atoms with Crippen LogP contribution in [0.3, 0.4) is 0 Å². The van der Waals surface area contributed by atoms with Gasteiger partial charge in [-0.3, -0.25) is 0 Å². The number of halogens is 1. The van der Waals surface area contributed by atoms with Gasteiger partial charge in [-0.05, 0) is 25.0 Å². The molecule has 0 unspecified atom stereocenters. The highest BCUT2D eigenvalue weighted by Crippen LogP contribution is 2.24. The molecule has 1 aromatic carbocycles. The van der Waals surface area contributed by atoms with Gasteiger partial charge in [0.05, 0.1) is 12.2 Å². The first-order chi connectivity index (χ1) is 13.1. The summed E-state index contributed by atoms with van der Waals surface area (Å²) in [5.41, 5.74) is 2.73. The number of nitrogens with one attached hydrogen (secondary N) is 2. The van der Waals surface area contributed by atoms with Crippen LogP contribution in [0.1, 0.15) is 29.6 Å². The van der Waals surface area contributed by atoms with Gasteiger partial charge >= 0.3 is 6.03 Å². The van der Waals surface area contributed by atoms with Crippen molar-refractivity contribution in [2.75, 3.05) is 25.0 Å². The number of hydrogen-bond acceptors (Lipinski definition) is 5. The van der Waals surface area contributed by atoms with Crippen LogP contribution in [0.15, 0.2) is 24.3 Å². The second-order valence-corrected chi connectivity index (χ2v) is 6.62. The van der Waals surface area contributed by atoms with Gasteiger partial charge in [-0.1, -0.05) is 29.8 Å². The molecule has 140 valence electrons. The van der Waals surface area contributed by atoms with E-state index in [0.717, 1.165) is 28.3 Å². The maximum Gasteiger partial charge on any atom is 0.317 e. The zero-order chi connectivity index (χ0) is 19.2. The molecule has 0 spiro atoms. The Balaban J connectivity index is 1.77. The predicted molar refractivity (Wildman–Crippen MR) is 104 cm³/mol. The Hall–Kier alpha value is -2.85. The molecule has 0 atom stereocenters. The van der Waals surface area contributed by atoms with E-state index in [1.54, 1.807) is 4.90 Å². The second kappa shape index (κ2) is 8.69. The Morgan fingerprint density at radius 2 is 2.19 bits per heavy atom. The fraction of sp³-hybridized carbons (Fsp3) is 0.368. The third kappa shape index (κ3) is 4.47. The third-order valence-corrected chi connectivity index (χ3v) is 4.79. The van der Waals surface area contributed by atoms with Gasteiger partial charge in [-0.25, -0.2) is 14.8 Å². The molecule has 27 heavy (non-hydrogen) atoms. The van der Waals surface area contributed by atoms with Crippen molar-refractivity contribution in [3.63, 3.8) is 0 Å². The maximum atomic E-state index is 12.2. The van der Waals surface area contributed by atoms with Gasteiger partial charge in [0.25, 0.3) is 0 Å². The first-order valence-corrected chi connectivity index (χ1v) is 9.30. The standard InChI is InChI=1S/C19H21ClN6O/c1-2-22-19(27)26-10-8-16-14(12-26)18(25-17(11-21)24-16)23-9-7-13-5-3-4-6-15(13)20/h3-6H,2,7-10,12H2,1H3,(H,22,27)(H,23,24,25). The van der Waals surface area contributed by atoms with Gasteiger partial charge in [-0.15, -0.1) is 0 Å². The number of nitrogens with zero attached hydrogens (tertiary/aromatic N) is 4. The van der Waals surface area contributed by atoms with E-state index >= 15 is 0 Å². The van der Waals surface area contributed by atoms with E-state index in [1.165, 1.54) is 0 Å². The fourth-order valence-corrected chi connectivity index (χ4v) is 3.29. The van der Waals surface area contributed by atoms with Gasteiger partial charge in [0.2, 0.25) is 5.82 Å². The third-order valence-electron chi connectivity index (χ3n) is 4.42. The number of hydrogen-bond donors (Lipinski definition) is 2. The Morgan fingerprint density at radius 1 is 1.37 bits per heavy atom. The van der Waals surface area contributed by atoms with E-state index in [0.29, 0.717) is 38.4 Å². The van der Waals surface area contributed by atoms with Gasteiger partial charge in [0, 0.05) is 36.6 Å². The van der Waals surface area contributed by atoms with Crippen molar-refractivity contribution in [1.82, 2.24) is 20.2 Å². The molecule has 2 heterocycles. The number of aromatic nitrogens is 2. The molecule has 2 amide bonds. The van der Waals surface area contributed by atoms with Crippen LogP contribution >= 0.6 is 11.6 Å². The molecule has 1 aromatic heterocycles. The molecule has 0 aliphatic carbocycles. The summed E-state index contributed by atoms with van der Waals surface area (Å²) in [7, 11) is 0. The molecule has 2 N–H and O–H groups in total. The molecule has 2 aromatic rings. The number of urea groups is 1. The van der Waals surface area contributed by atoms with E-state index in [-0.39, 0.29) is 11.9 Å². The highest BCUT2D eigenvalue weighted by Gasteiger charge is 2.25.